The van der Waals surface area contributed by atoms with Crippen LogP contribution in [0.15, 0.2) is 0 Å². The Bertz CT molecular complexity index is 221. The van der Waals surface area contributed by atoms with E-state index in [0.29, 0.717) is 0 Å². The Labute approximate surface area is 107 Å². The molecule has 0 spiro atoms. The lowest BCUT2D eigenvalue weighted by molar-refractivity contribution is 0.143. The van der Waals surface area contributed by atoms with Crippen LogP contribution in [0.2, 0.25) is 0 Å². The molecule has 0 aromatic carbocycles. The van der Waals surface area contributed by atoms with E-state index >= 15 is 0 Å². The van der Waals surface area contributed by atoms with Crippen molar-refractivity contribution in [2.45, 2.75) is 52.5 Å². The normalized spacial score (nSPS) is 31.1. The highest BCUT2D eigenvalue weighted by Crippen LogP contribution is 2.31. The number of piperidine rings is 1. The minimum atomic E-state index is 0.747. The molecule has 0 aromatic heterocycles. The van der Waals surface area contributed by atoms with Crippen LogP contribution in [0.5, 0.6) is 0 Å². The van der Waals surface area contributed by atoms with E-state index in [1.54, 1.807) is 0 Å². The fraction of sp³-hybridized carbons (Fsp3) is 1.00. The number of rotatable bonds is 6. The van der Waals surface area contributed by atoms with E-state index in [9.17, 15) is 0 Å². The lowest BCUT2D eigenvalue weighted by Gasteiger charge is -2.37. The SMILES string of the molecule is CC(C)CCNC1CC(C)CN(CC2CC2)C1. The van der Waals surface area contributed by atoms with E-state index in [1.165, 1.54) is 51.9 Å². The van der Waals surface area contributed by atoms with Gasteiger partial charge < -0.3 is 10.2 Å². The Balaban J connectivity index is 1.69. The topological polar surface area (TPSA) is 15.3 Å². The molecule has 2 aliphatic rings. The van der Waals surface area contributed by atoms with Crippen LogP contribution in [0.4, 0.5) is 0 Å². The molecule has 0 bridgehead atoms. The van der Waals surface area contributed by atoms with E-state index in [4.69, 9.17) is 0 Å². The van der Waals surface area contributed by atoms with Gasteiger partial charge in [0.15, 0.2) is 0 Å². The zero-order valence-corrected chi connectivity index (χ0v) is 11.9. The van der Waals surface area contributed by atoms with E-state index in [0.717, 1.165) is 23.8 Å². The average Bonchev–Trinajstić information content (AvgIpc) is 3.00. The summed E-state index contributed by atoms with van der Waals surface area (Å²) in [5.74, 6) is 2.74. The van der Waals surface area contributed by atoms with Gasteiger partial charge in [0.05, 0.1) is 0 Å². The van der Waals surface area contributed by atoms with Crippen LogP contribution in [-0.2, 0) is 0 Å². The zero-order valence-electron chi connectivity index (χ0n) is 11.9. The predicted octanol–water partition coefficient (Wildman–Crippen LogP) is 2.74. The molecule has 1 heterocycles. The second-order valence-corrected chi connectivity index (χ2v) is 6.84. The number of hydrogen-bond donors (Lipinski definition) is 1. The first-order valence-electron chi connectivity index (χ1n) is 7.59. The van der Waals surface area contributed by atoms with Crippen molar-refractivity contribution in [3.05, 3.63) is 0 Å². The molecule has 2 fully saturated rings. The summed E-state index contributed by atoms with van der Waals surface area (Å²) in [7, 11) is 0. The molecule has 1 N–H and O–H groups in total. The van der Waals surface area contributed by atoms with E-state index in [1.807, 2.05) is 0 Å². The third-order valence-electron chi connectivity index (χ3n) is 4.10. The Kier molecular flexibility index (Phi) is 4.87. The largest absolute Gasteiger partial charge is 0.313 e. The van der Waals surface area contributed by atoms with Gasteiger partial charge >= 0.3 is 0 Å². The van der Waals surface area contributed by atoms with Gasteiger partial charge in [-0.2, -0.15) is 0 Å². The molecule has 0 aromatic rings. The molecule has 1 aliphatic carbocycles. The van der Waals surface area contributed by atoms with E-state index in [-0.39, 0.29) is 0 Å². The Hall–Kier alpha value is -0.0800. The molecule has 2 heteroatoms. The van der Waals surface area contributed by atoms with Gasteiger partial charge in [-0.05, 0) is 50.0 Å². The van der Waals surface area contributed by atoms with Crippen LogP contribution in [0.3, 0.4) is 0 Å². The fourth-order valence-corrected chi connectivity index (χ4v) is 3.00. The van der Waals surface area contributed by atoms with Crippen molar-refractivity contribution in [2.75, 3.05) is 26.2 Å². The maximum absolute atomic E-state index is 3.77. The van der Waals surface area contributed by atoms with Crippen molar-refractivity contribution in [1.82, 2.24) is 10.2 Å². The fourth-order valence-electron chi connectivity index (χ4n) is 3.00. The molecular weight excluding hydrogens is 208 g/mol. The van der Waals surface area contributed by atoms with Gasteiger partial charge in [-0.15, -0.1) is 0 Å². The molecule has 100 valence electrons. The van der Waals surface area contributed by atoms with Crippen molar-refractivity contribution < 1.29 is 0 Å². The number of nitrogens with one attached hydrogen (secondary N) is 1. The van der Waals surface area contributed by atoms with Gasteiger partial charge in [-0.25, -0.2) is 0 Å². The highest BCUT2D eigenvalue weighted by molar-refractivity contribution is 4.85. The second-order valence-electron chi connectivity index (χ2n) is 6.84. The van der Waals surface area contributed by atoms with Crippen LogP contribution in [0, 0.1) is 17.8 Å². The highest BCUT2D eigenvalue weighted by Gasteiger charge is 2.29. The van der Waals surface area contributed by atoms with Crippen LogP contribution < -0.4 is 5.32 Å². The molecule has 2 rings (SSSR count). The molecule has 1 saturated carbocycles. The number of nitrogens with zero attached hydrogens (tertiary/aromatic N) is 1. The minimum Gasteiger partial charge on any atom is -0.313 e. The number of likely N-dealkylation sites (tertiary alicyclic amines) is 1. The van der Waals surface area contributed by atoms with Gasteiger partial charge in [0.2, 0.25) is 0 Å². The quantitative estimate of drug-likeness (QED) is 0.765. The van der Waals surface area contributed by atoms with Crippen molar-refractivity contribution >= 4 is 0 Å². The van der Waals surface area contributed by atoms with Gasteiger partial charge in [0.1, 0.15) is 0 Å². The van der Waals surface area contributed by atoms with Crippen molar-refractivity contribution in [2.24, 2.45) is 17.8 Å². The Morgan fingerprint density at radius 2 is 2.00 bits per heavy atom. The summed E-state index contributed by atoms with van der Waals surface area (Å²) in [5.41, 5.74) is 0. The van der Waals surface area contributed by atoms with E-state index in [2.05, 4.69) is 31.0 Å². The third-order valence-corrected chi connectivity index (χ3v) is 4.10. The van der Waals surface area contributed by atoms with Crippen LogP contribution in [-0.4, -0.2) is 37.1 Å². The standard InChI is InChI=1S/C15H30N2/c1-12(2)6-7-16-15-8-13(3)9-17(11-15)10-14-4-5-14/h12-16H,4-11H2,1-3H3. The maximum atomic E-state index is 3.77. The average molecular weight is 238 g/mol. The third kappa shape index (κ3) is 4.97. The van der Waals surface area contributed by atoms with Gasteiger partial charge in [-0.1, -0.05) is 20.8 Å². The van der Waals surface area contributed by atoms with Crippen LogP contribution >= 0.6 is 0 Å². The predicted molar refractivity (Wildman–Crippen MR) is 74.2 cm³/mol. The smallest absolute Gasteiger partial charge is 0.0198 e. The first-order chi connectivity index (χ1) is 8.13. The van der Waals surface area contributed by atoms with Crippen LogP contribution in [0.1, 0.15) is 46.5 Å². The van der Waals surface area contributed by atoms with Crippen LogP contribution in [0.25, 0.3) is 0 Å². The molecule has 0 radical (unpaired) electrons. The lowest BCUT2D eigenvalue weighted by Crippen LogP contribution is -2.49. The first kappa shape index (κ1) is 13.4. The molecule has 2 nitrogen and oxygen atoms in total. The molecule has 2 atom stereocenters. The highest BCUT2D eigenvalue weighted by atomic mass is 15.2. The summed E-state index contributed by atoms with van der Waals surface area (Å²) in [6, 6.07) is 0.747. The Morgan fingerprint density at radius 3 is 2.65 bits per heavy atom. The molecule has 2 unspecified atom stereocenters. The summed E-state index contributed by atoms with van der Waals surface area (Å²) < 4.78 is 0. The summed E-state index contributed by atoms with van der Waals surface area (Å²) >= 11 is 0. The van der Waals surface area contributed by atoms with Gasteiger partial charge in [0, 0.05) is 25.7 Å². The zero-order chi connectivity index (χ0) is 12.3. The minimum absolute atomic E-state index is 0.747. The van der Waals surface area contributed by atoms with Crippen molar-refractivity contribution in [3.63, 3.8) is 0 Å². The van der Waals surface area contributed by atoms with Crippen molar-refractivity contribution in [3.8, 4) is 0 Å². The Morgan fingerprint density at radius 1 is 1.24 bits per heavy atom. The van der Waals surface area contributed by atoms with E-state index < -0.39 is 0 Å². The van der Waals surface area contributed by atoms with Gasteiger partial charge in [0.25, 0.3) is 0 Å². The van der Waals surface area contributed by atoms with Crippen molar-refractivity contribution in [1.29, 1.82) is 0 Å². The lowest BCUT2D eigenvalue weighted by atomic mass is 9.95. The molecule has 1 aliphatic heterocycles. The van der Waals surface area contributed by atoms with Gasteiger partial charge in [-0.3, -0.25) is 0 Å². The number of hydrogen-bond acceptors (Lipinski definition) is 2. The first-order valence-corrected chi connectivity index (χ1v) is 7.59. The molecular formula is C15H30N2. The summed E-state index contributed by atoms with van der Waals surface area (Å²) in [6.07, 6.45) is 5.65. The second kappa shape index (κ2) is 6.19. The maximum Gasteiger partial charge on any atom is 0.0198 e. The molecule has 0 amide bonds. The molecule has 17 heavy (non-hydrogen) atoms. The summed E-state index contributed by atoms with van der Waals surface area (Å²) in [5, 5.41) is 3.77. The summed E-state index contributed by atoms with van der Waals surface area (Å²) in [6.45, 7) is 12.2. The molecule has 1 saturated heterocycles. The summed E-state index contributed by atoms with van der Waals surface area (Å²) in [4.78, 5) is 2.71. The monoisotopic (exact) mass is 238 g/mol.